The number of aromatic nitrogens is 1. The van der Waals surface area contributed by atoms with Gasteiger partial charge in [0.2, 0.25) is 0 Å². The number of carboxylic acids is 1. The number of benzene rings is 1. The molecule has 0 saturated heterocycles. The maximum Gasteiger partial charge on any atom is 0.337 e. The number of pyridine rings is 1. The van der Waals surface area contributed by atoms with Gasteiger partial charge in [-0.25, -0.2) is 9.78 Å². The highest BCUT2D eigenvalue weighted by atomic mass is 16.5. The van der Waals surface area contributed by atoms with Crippen LogP contribution in [0.5, 0.6) is 5.75 Å². The van der Waals surface area contributed by atoms with Crippen molar-refractivity contribution < 1.29 is 19.4 Å². The zero-order chi connectivity index (χ0) is 17.7. The quantitative estimate of drug-likeness (QED) is 0.851. The lowest BCUT2D eigenvalue weighted by Crippen LogP contribution is -2.25. The number of hydrogen-bond donors (Lipinski definition) is 2. The summed E-state index contributed by atoms with van der Waals surface area (Å²) in [5, 5.41) is 11.8. The van der Waals surface area contributed by atoms with Gasteiger partial charge in [0, 0.05) is 12.1 Å². The number of rotatable bonds is 6. The number of hydrogen-bond acceptors (Lipinski definition) is 4. The SMILES string of the molecule is Cc1nc(C(=O)NCc2ccccc2OC(C)C)ccc1C(=O)O. The molecule has 1 aromatic carbocycles. The molecule has 2 N–H and O–H groups in total. The topological polar surface area (TPSA) is 88.5 Å². The van der Waals surface area contributed by atoms with Crippen LogP contribution in [0, 0.1) is 6.92 Å². The Kier molecular flexibility index (Phi) is 5.52. The molecule has 0 spiro atoms. The van der Waals surface area contributed by atoms with Crippen molar-refractivity contribution in [2.75, 3.05) is 0 Å². The van der Waals surface area contributed by atoms with Gasteiger partial charge in [-0.1, -0.05) is 18.2 Å². The molecule has 0 atom stereocenters. The van der Waals surface area contributed by atoms with Gasteiger partial charge in [-0.2, -0.15) is 0 Å². The van der Waals surface area contributed by atoms with Crippen LogP contribution in [0.25, 0.3) is 0 Å². The maximum absolute atomic E-state index is 12.2. The van der Waals surface area contributed by atoms with E-state index < -0.39 is 5.97 Å². The second-order valence-electron chi connectivity index (χ2n) is 5.59. The maximum atomic E-state index is 12.2. The standard InChI is InChI=1S/C18H20N2O4/c1-11(2)24-16-7-5-4-6-13(16)10-19-17(21)15-9-8-14(18(22)23)12(3)20-15/h4-9,11H,10H2,1-3H3,(H,19,21)(H,22,23). The normalized spacial score (nSPS) is 10.5. The van der Waals surface area contributed by atoms with Crippen molar-refractivity contribution in [3.05, 3.63) is 58.9 Å². The molecule has 0 aliphatic rings. The molecule has 0 unspecified atom stereocenters. The molecule has 1 heterocycles. The summed E-state index contributed by atoms with van der Waals surface area (Å²) >= 11 is 0. The van der Waals surface area contributed by atoms with Crippen molar-refractivity contribution in [2.45, 2.75) is 33.4 Å². The Hall–Kier alpha value is -2.89. The van der Waals surface area contributed by atoms with Crippen molar-refractivity contribution in [2.24, 2.45) is 0 Å². The van der Waals surface area contributed by atoms with Crippen LogP contribution in [0.15, 0.2) is 36.4 Å². The van der Waals surface area contributed by atoms with Crippen LogP contribution in [0.2, 0.25) is 0 Å². The summed E-state index contributed by atoms with van der Waals surface area (Å²) in [6.45, 7) is 5.73. The van der Waals surface area contributed by atoms with Gasteiger partial charge >= 0.3 is 5.97 Å². The molecule has 0 fully saturated rings. The minimum Gasteiger partial charge on any atom is -0.491 e. The van der Waals surface area contributed by atoms with Crippen LogP contribution >= 0.6 is 0 Å². The van der Waals surface area contributed by atoms with Gasteiger partial charge in [0.25, 0.3) is 5.91 Å². The predicted molar refractivity (Wildman–Crippen MR) is 89.3 cm³/mol. The van der Waals surface area contributed by atoms with Crippen molar-refractivity contribution >= 4 is 11.9 Å². The fourth-order valence-electron chi connectivity index (χ4n) is 2.20. The number of nitrogens with one attached hydrogen (secondary N) is 1. The van der Waals surface area contributed by atoms with Gasteiger partial charge in [0.15, 0.2) is 0 Å². The third-order valence-corrected chi connectivity index (χ3v) is 3.32. The molecule has 2 aromatic rings. The Morgan fingerprint density at radius 1 is 1.21 bits per heavy atom. The smallest absolute Gasteiger partial charge is 0.337 e. The molecule has 1 amide bonds. The number of aryl methyl sites for hydroxylation is 1. The number of para-hydroxylation sites is 1. The van der Waals surface area contributed by atoms with E-state index in [9.17, 15) is 9.59 Å². The van der Waals surface area contributed by atoms with Crippen LogP contribution in [0.1, 0.15) is 46.0 Å². The molecule has 0 radical (unpaired) electrons. The Labute approximate surface area is 140 Å². The second-order valence-corrected chi connectivity index (χ2v) is 5.59. The third-order valence-electron chi connectivity index (χ3n) is 3.32. The molecule has 0 bridgehead atoms. The van der Waals surface area contributed by atoms with Crippen LogP contribution < -0.4 is 10.1 Å². The highest BCUT2D eigenvalue weighted by Gasteiger charge is 2.13. The van der Waals surface area contributed by atoms with Gasteiger partial charge in [-0.05, 0) is 39.0 Å². The zero-order valence-electron chi connectivity index (χ0n) is 13.9. The Bertz CT molecular complexity index is 756. The van der Waals surface area contributed by atoms with E-state index in [0.29, 0.717) is 12.2 Å². The van der Waals surface area contributed by atoms with Crippen molar-refractivity contribution in [1.29, 1.82) is 0 Å². The van der Waals surface area contributed by atoms with Gasteiger partial charge in [-0.15, -0.1) is 0 Å². The van der Waals surface area contributed by atoms with E-state index >= 15 is 0 Å². The summed E-state index contributed by atoms with van der Waals surface area (Å²) in [5.74, 6) is -0.709. The molecule has 24 heavy (non-hydrogen) atoms. The molecule has 0 aliphatic carbocycles. The Morgan fingerprint density at radius 3 is 2.54 bits per heavy atom. The first-order valence-electron chi connectivity index (χ1n) is 7.62. The molecule has 6 nitrogen and oxygen atoms in total. The largest absolute Gasteiger partial charge is 0.491 e. The fourth-order valence-corrected chi connectivity index (χ4v) is 2.20. The third kappa shape index (κ3) is 4.32. The van der Waals surface area contributed by atoms with E-state index in [4.69, 9.17) is 9.84 Å². The van der Waals surface area contributed by atoms with E-state index in [-0.39, 0.29) is 23.3 Å². The zero-order valence-corrected chi connectivity index (χ0v) is 13.9. The van der Waals surface area contributed by atoms with E-state index in [1.54, 1.807) is 6.92 Å². The van der Waals surface area contributed by atoms with Crippen molar-refractivity contribution in [3.8, 4) is 5.75 Å². The van der Waals surface area contributed by atoms with Gasteiger partial charge in [-0.3, -0.25) is 4.79 Å². The molecule has 2 rings (SSSR count). The average molecular weight is 328 g/mol. The molecular formula is C18H20N2O4. The van der Waals surface area contributed by atoms with E-state index in [0.717, 1.165) is 11.3 Å². The molecule has 126 valence electrons. The van der Waals surface area contributed by atoms with Crippen LogP contribution in [0.4, 0.5) is 0 Å². The number of ether oxygens (including phenoxy) is 1. The molecule has 6 heteroatoms. The highest BCUT2D eigenvalue weighted by Crippen LogP contribution is 2.19. The van der Waals surface area contributed by atoms with E-state index in [1.807, 2.05) is 38.1 Å². The lowest BCUT2D eigenvalue weighted by molar-refractivity contribution is 0.0694. The second kappa shape index (κ2) is 7.59. The van der Waals surface area contributed by atoms with Crippen LogP contribution in [-0.4, -0.2) is 28.1 Å². The number of carboxylic acid groups (broad SMARTS) is 1. The monoisotopic (exact) mass is 328 g/mol. The molecular weight excluding hydrogens is 308 g/mol. The number of aromatic carboxylic acids is 1. The number of amides is 1. The summed E-state index contributed by atoms with van der Waals surface area (Å²) in [6.07, 6.45) is 0.0368. The Morgan fingerprint density at radius 2 is 1.92 bits per heavy atom. The van der Waals surface area contributed by atoms with Gasteiger partial charge in [0.1, 0.15) is 11.4 Å². The summed E-state index contributed by atoms with van der Waals surface area (Å²) in [7, 11) is 0. The van der Waals surface area contributed by atoms with Crippen molar-refractivity contribution in [3.63, 3.8) is 0 Å². The lowest BCUT2D eigenvalue weighted by atomic mass is 10.1. The van der Waals surface area contributed by atoms with Crippen molar-refractivity contribution in [1.82, 2.24) is 10.3 Å². The first kappa shape index (κ1) is 17.5. The number of carbonyl (C=O) groups is 2. The summed E-state index contributed by atoms with van der Waals surface area (Å²) < 4.78 is 5.71. The summed E-state index contributed by atoms with van der Waals surface area (Å²) in [5.41, 5.74) is 1.43. The fraction of sp³-hybridized carbons (Fsp3) is 0.278. The van der Waals surface area contributed by atoms with E-state index in [1.165, 1.54) is 12.1 Å². The van der Waals surface area contributed by atoms with Gasteiger partial charge < -0.3 is 15.2 Å². The average Bonchev–Trinajstić information content (AvgIpc) is 2.52. The van der Waals surface area contributed by atoms with E-state index in [2.05, 4.69) is 10.3 Å². The molecule has 0 saturated carbocycles. The van der Waals surface area contributed by atoms with Crippen LogP contribution in [-0.2, 0) is 6.54 Å². The molecule has 0 aliphatic heterocycles. The molecule has 1 aromatic heterocycles. The predicted octanol–water partition coefficient (Wildman–Crippen LogP) is 2.81. The number of carbonyl (C=O) groups excluding carboxylic acids is 1. The first-order valence-corrected chi connectivity index (χ1v) is 7.62. The minimum absolute atomic E-state index is 0.0368. The van der Waals surface area contributed by atoms with Crippen LogP contribution in [0.3, 0.4) is 0 Å². The Balaban J connectivity index is 2.09. The lowest BCUT2D eigenvalue weighted by Gasteiger charge is -2.14. The van der Waals surface area contributed by atoms with Gasteiger partial charge in [0.05, 0.1) is 17.4 Å². The highest BCUT2D eigenvalue weighted by molar-refractivity contribution is 5.94. The number of nitrogens with zero attached hydrogens (tertiary/aromatic N) is 1. The minimum atomic E-state index is -1.06. The summed E-state index contributed by atoms with van der Waals surface area (Å²) in [6, 6.07) is 10.3. The summed E-state index contributed by atoms with van der Waals surface area (Å²) in [4.78, 5) is 27.3. The first-order chi connectivity index (χ1) is 11.4.